The molecule has 1 atom stereocenters. The largest absolute Gasteiger partial charge is 0.302 e. The van der Waals surface area contributed by atoms with Gasteiger partial charge in [0, 0.05) is 12.6 Å². The molecule has 0 aromatic heterocycles. The summed E-state index contributed by atoms with van der Waals surface area (Å²) in [5.74, 6) is 0. The Kier molecular flexibility index (Phi) is 4.06. The average Bonchev–Trinajstić information content (AvgIpc) is 2.53. The molecular formula is C9H17N3. The van der Waals surface area contributed by atoms with Crippen molar-refractivity contribution in [2.75, 3.05) is 26.2 Å². The van der Waals surface area contributed by atoms with Gasteiger partial charge in [-0.1, -0.05) is 0 Å². The number of likely N-dealkylation sites (tertiary alicyclic amines) is 1. The molecule has 1 N–H and O–H groups in total. The summed E-state index contributed by atoms with van der Waals surface area (Å²) in [7, 11) is 0. The molecule has 1 fully saturated rings. The summed E-state index contributed by atoms with van der Waals surface area (Å²) in [5.41, 5.74) is 0. The van der Waals surface area contributed by atoms with Crippen LogP contribution in [0.1, 0.15) is 19.8 Å². The quantitative estimate of drug-likeness (QED) is 0.623. The van der Waals surface area contributed by atoms with Gasteiger partial charge >= 0.3 is 0 Å². The van der Waals surface area contributed by atoms with Crippen LogP contribution in [0.4, 0.5) is 0 Å². The molecular weight excluding hydrogens is 150 g/mol. The number of nitrogens with one attached hydrogen (secondary N) is 1. The van der Waals surface area contributed by atoms with Crippen LogP contribution in [-0.2, 0) is 0 Å². The summed E-state index contributed by atoms with van der Waals surface area (Å²) in [5, 5.41) is 11.5. The number of rotatable bonds is 4. The lowest BCUT2D eigenvalue weighted by atomic mass is 10.3. The minimum Gasteiger partial charge on any atom is -0.302 e. The second kappa shape index (κ2) is 5.13. The van der Waals surface area contributed by atoms with Crippen molar-refractivity contribution in [2.24, 2.45) is 0 Å². The number of hydrogen-bond acceptors (Lipinski definition) is 3. The van der Waals surface area contributed by atoms with Gasteiger partial charge in [-0.15, -0.1) is 0 Å². The Bertz CT molecular complexity index is 156. The van der Waals surface area contributed by atoms with Crippen molar-refractivity contribution in [3.05, 3.63) is 0 Å². The highest BCUT2D eigenvalue weighted by molar-refractivity contribution is 4.78. The van der Waals surface area contributed by atoms with E-state index in [1.165, 1.54) is 25.9 Å². The van der Waals surface area contributed by atoms with Crippen LogP contribution < -0.4 is 5.32 Å². The van der Waals surface area contributed by atoms with Gasteiger partial charge in [-0.2, -0.15) is 5.26 Å². The second-order valence-electron chi connectivity index (χ2n) is 3.45. The standard InChI is InChI=1S/C9H17N3/c1-9(11-5-4-10)8-12-6-2-3-7-12/h9,11H,2-3,5-8H2,1H3. The molecule has 0 bridgehead atoms. The molecule has 0 amide bonds. The molecule has 1 saturated heterocycles. The van der Waals surface area contributed by atoms with E-state index in [4.69, 9.17) is 5.26 Å². The fraction of sp³-hybridized carbons (Fsp3) is 0.889. The molecule has 1 aliphatic heterocycles. The summed E-state index contributed by atoms with van der Waals surface area (Å²) in [6.07, 6.45) is 2.68. The lowest BCUT2D eigenvalue weighted by molar-refractivity contribution is 0.303. The normalized spacial score (nSPS) is 20.7. The van der Waals surface area contributed by atoms with E-state index < -0.39 is 0 Å². The Labute approximate surface area is 74.4 Å². The van der Waals surface area contributed by atoms with Crippen LogP contribution in [-0.4, -0.2) is 37.1 Å². The molecule has 1 aliphatic rings. The fourth-order valence-corrected chi connectivity index (χ4v) is 1.64. The Morgan fingerprint density at radius 3 is 2.75 bits per heavy atom. The third-order valence-electron chi connectivity index (χ3n) is 2.26. The molecule has 0 spiro atoms. The summed E-state index contributed by atoms with van der Waals surface area (Å²) in [6.45, 7) is 6.16. The molecule has 0 radical (unpaired) electrons. The van der Waals surface area contributed by atoms with E-state index in [9.17, 15) is 0 Å². The van der Waals surface area contributed by atoms with E-state index in [0.29, 0.717) is 12.6 Å². The Morgan fingerprint density at radius 1 is 1.50 bits per heavy atom. The Hall–Kier alpha value is -0.590. The minimum absolute atomic E-state index is 0.447. The molecule has 68 valence electrons. The van der Waals surface area contributed by atoms with Gasteiger partial charge in [0.1, 0.15) is 0 Å². The molecule has 1 rings (SSSR count). The van der Waals surface area contributed by atoms with Crippen molar-refractivity contribution in [1.82, 2.24) is 10.2 Å². The summed E-state index contributed by atoms with van der Waals surface area (Å²) in [6, 6.07) is 2.54. The van der Waals surface area contributed by atoms with E-state index in [1.807, 2.05) is 0 Å². The molecule has 0 aromatic carbocycles. The van der Waals surface area contributed by atoms with Crippen LogP contribution >= 0.6 is 0 Å². The first-order valence-electron chi connectivity index (χ1n) is 4.65. The van der Waals surface area contributed by atoms with Gasteiger partial charge in [-0.05, 0) is 32.9 Å². The van der Waals surface area contributed by atoms with Crippen LogP contribution in [0.25, 0.3) is 0 Å². The first-order valence-corrected chi connectivity index (χ1v) is 4.65. The third-order valence-corrected chi connectivity index (χ3v) is 2.26. The molecule has 0 aliphatic carbocycles. The minimum atomic E-state index is 0.447. The highest BCUT2D eigenvalue weighted by atomic mass is 15.2. The number of hydrogen-bond donors (Lipinski definition) is 1. The van der Waals surface area contributed by atoms with E-state index in [2.05, 4.69) is 23.2 Å². The molecule has 0 aromatic rings. The zero-order valence-corrected chi connectivity index (χ0v) is 7.71. The van der Waals surface area contributed by atoms with Crippen molar-refractivity contribution in [3.8, 4) is 6.07 Å². The SMILES string of the molecule is CC(CN1CCCC1)NCC#N. The van der Waals surface area contributed by atoms with Gasteiger partial charge in [-0.3, -0.25) is 0 Å². The van der Waals surface area contributed by atoms with Crippen LogP contribution in [0.5, 0.6) is 0 Å². The second-order valence-corrected chi connectivity index (χ2v) is 3.45. The van der Waals surface area contributed by atoms with Gasteiger partial charge in [-0.25, -0.2) is 0 Å². The predicted octanol–water partition coefficient (Wildman–Crippen LogP) is 0.584. The zero-order valence-electron chi connectivity index (χ0n) is 7.71. The van der Waals surface area contributed by atoms with Gasteiger partial charge in [0.15, 0.2) is 0 Å². The molecule has 3 nitrogen and oxygen atoms in total. The highest BCUT2D eigenvalue weighted by Crippen LogP contribution is 2.07. The summed E-state index contributed by atoms with van der Waals surface area (Å²) >= 11 is 0. The summed E-state index contributed by atoms with van der Waals surface area (Å²) in [4.78, 5) is 2.45. The van der Waals surface area contributed by atoms with Gasteiger partial charge in [0.25, 0.3) is 0 Å². The maximum atomic E-state index is 8.35. The van der Waals surface area contributed by atoms with Crippen molar-refractivity contribution in [1.29, 1.82) is 5.26 Å². The van der Waals surface area contributed by atoms with E-state index in [0.717, 1.165) is 6.54 Å². The highest BCUT2D eigenvalue weighted by Gasteiger charge is 2.13. The zero-order chi connectivity index (χ0) is 8.81. The van der Waals surface area contributed by atoms with Crippen LogP contribution in [0.2, 0.25) is 0 Å². The smallest absolute Gasteiger partial charge is 0.0843 e. The van der Waals surface area contributed by atoms with Crippen molar-refractivity contribution < 1.29 is 0 Å². The average molecular weight is 167 g/mol. The van der Waals surface area contributed by atoms with Crippen LogP contribution in [0, 0.1) is 11.3 Å². The van der Waals surface area contributed by atoms with Crippen molar-refractivity contribution in [3.63, 3.8) is 0 Å². The van der Waals surface area contributed by atoms with Crippen LogP contribution in [0.3, 0.4) is 0 Å². The lowest BCUT2D eigenvalue weighted by Crippen LogP contribution is -2.37. The molecule has 1 unspecified atom stereocenters. The topological polar surface area (TPSA) is 39.1 Å². The number of nitriles is 1. The van der Waals surface area contributed by atoms with Crippen LogP contribution in [0.15, 0.2) is 0 Å². The molecule has 12 heavy (non-hydrogen) atoms. The summed E-state index contributed by atoms with van der Waals surface area (Å²) < 4.78 is 0. The monoisotopic (exact) mass is 167 g/mol. The van der Waals surface area contributed by atoms with Gasteiger partial charge < -0.3 is 10.2 Å². The maximum absolute atomic E-state index is 8.35. The Morgan fingerprint density at radius 2 is 2.17 bits per heavy atom. The first-order chi connectivity index (χ1) is 5.83. The third kappa shape index (κ3) is 3.21. The first kappa shape index (κ1) is 9.50. The molecule has 3 heteroatoms. The van der Waals surface area contributed by atoms with E-state index in [1.54, 1.807) is 0 Å². The van der Waals surface area contributed by atoms with Gasteiger partial charge in [0.05, 0.1) is 12.6 Å². The van der Waals surface area contributed by atoms with E-state index in [-0.39, 0.29) is 0 Å². The van der Waals surface area contributed by atoms with Crippen molar-refractivity contribution in [2.45, 2.75) is 25.8 Å². The molecule has 1 heterocycles. The molecule has 0 saturated carbocycles. The number of nitrogens with zero attached hydrogens (tertiary/aromatic N) is 2. The Balaban J connectivity index is 2.08. The fourth-order valence-electron chi connectivity index (χ4n) is 1.64. The van der Waals surface area contributed by atoms with Crippen molar-refractivity contribution >= 4 is 0 Å². The maximum Gasteiger partial charge on any atom is 0.0843 e. The van der Waals surface area contributed by atoms with Gasteiger partial charge in [0.2, 0.25) is 0 Å². The predicted molar refractivity (Wildman–Crippen MR) is 48.8 cm³/mol. The lowest BCUT2D eigenvalue weighted by Gasteiger charge is -2.19. The van der Waals surface area contributed by atoms with E-state index >= 15 is 0 Å².